The predicted octanol–water partition coefficient (Wildman–Crippen LogP) is 5.35. The average Bonchev–Trinajstić information content (AvgIpc) is 3.27. The van der Waals surface area contributed by atoms with E-state index in [9.17, 15) is 18.0 Å². The highest BCUT2D eigenvalue weighted by Crippen LogP contribution is 2.37. The maximum atomic E-state index is 13.6. The van der Waals surface area contributed by atoms with Gasteiger partial charge < -0.3 is 15.7 Å². The number of hydrogen-bond acceptors (Lipinski definition) is 3. The number of amides is 1. The highest BCUT2D eigenvalue weighted by atomic mass is 35.5. The minimum atomic E-state index is -4.41. The number of aliphatic hydroxyl groups is 1. The molecular weight excluding hydrogens is 453 g/mol. The number of carbonyl (C=O) groups excluding carboxylic acids is 1. The molecule has 2 unspecified atom stereocenters. The molecule has 0 radical (unpaired) electrons. The van der Waals surface area contributed by atoms with Crippen LogP contribution in [0.1, 0.15) is 42.4 Å². The van der Waals surface area contributed by atoms with Gasteiger partial charge in [-0.15, -0.1) is 0 Å². The highest BCUT2D eigenvalue weighted by Gasteiger charge is 2.36. The number of nitrogens with two attached hydrogens (primary N) is 1. The molecule has 2 aromatic carbocycles. The van der Waals surface area contributed by atoms with Gasteiger partial charge >= 0.3 is 6.18 Å². The van der Waals surface area contributed by atoms with E-state index in [4.69, 9.17) is 22.4 Å². The third-order valence-corrected chi connectivity index (χ3v) is 6.79. The van der Waals surface area contributed by atoms with Gasteiger partial charge in [-0.3, -0.25) is 4.79 Å². The zero-order valence-corrected chi connectivity index (χ0v) is 19.2. The molecule has 1 saturated heterocycles. The predicted molar refractivity (Wildman–Crippen MR) is 124 cm³/mol. The first-order valence-electron chi connectivity index (χ1n) is 11.3. The Hall–Kier alpha value is -2.25. The summed E-state index contributed by atoms with van der Waals surface area (Å²) in [5, 5.41) is 9.45. The van der Waals surface area contributed by atoms with Crippen LogP contribution < -0.4 is 5.73 Å². The number of carbonyl (C=O) groups is 1. The van der Waals surface area contributed by atoms with Crippen molar-refractivity contribution in [3.05, 3.63) is 64.2 Å². The van der Waals surface area contributed by atoms with Gasteiger partial charge in [-0.25, -0.2) is 0 Å². The Morgan fingerprint density at radius 1 is 1.24 bits per heavy atom. The number of hydrogen-bond donors (Lipinski definition) is 2. The monoisotopic (exact) mass is 482 g/mol. The highest BCUT2D eigenvalue weighted by molar-refractivity contribution is 6.33. The topological polar surface area (TPSA) is 66.6 Å². The quantitative estimate of drug-likeness (QED) is 0.473. The molecule has 180 valence electrons. The van der Waals surface area contributed by atoms with E-state index in [0.717, 1.165) is 18.1 Å². The van der Waals surface area contributed by atoms with Crippen LogP contribution in [0.3, 0.4) is 0 Å². The molecule has 0 bridgehead atoms. The molecular formula is C25H30ClF3N2O2. The first-order chi connectivity index (χ1) is 15.7. The standard InChI is InChI=1S/C25H30ClF3N2O2/c26-22-14-17(8-10-23(22)30)7-9-18(15-19-4-1-2-5-21(19)25(27,28)29)20-11-12-31(16-20)24(33)6-3-13-32/h1-2,4-5,8,10,14,18,20,32H,3,6-7,9,11-13,15-16,30H2. The molecule has 0 aliphatic carbocycles. The fourth-order valence-corrected chi connectivity index (χ4v) is 4.83. The number of nitrogen functional groups attached to an aromatic ring is 1. The molecule has 2 atom stereocenters. The lowest BCUT2D eigenvalue weighted by Gasteiger charge is -2.26. The van der Waals surface area contributed by atoms with Crippen LogP contribution in [0.25, 0.3) is 0 Å². The summed E-state index contributed by atoms with van der Waals surface area (Å²) in [6, 6.07) is 11.2. The van der Waals surface area contributed by atoms with E-state index in [1.165, 1.54) is 6.07 Å². The molecule has 0 saturated carbocycles. The van der Waals surface area contributed by atoms with Crippen LogP contribution >= 0.6 is 11.6 Å². The van der Waals surface area contributed by atoms with Crippen LogP contribution in [-0.4, -0.2) is 35.6 Å². The molecule has 1 fully saturated rings. The number of aryl methyl sites for hydroxylation is 1. The maximum absolute atomic E-state index is 13.6. The van der Waals surface area contributed by atoms with Crippen LogP contribution in [-0.2, 0) is 23.8 Å². The summed E-state index contributed by atoms with van der Waals surface area (Å²) in [7, 11) is 0. The summed E-state index contributed by atoms with van der Waals surface area (Å²) in [6.07, 6.45) is -1.32. The summed E-state index contributed by atoms with van der Waals surface area (Å²) in [5.74, 6) is 0.0698. The Kier molecular flexibility index (Phi) is 8.65. The Morgan fingerprint density at radius 3 is 2.70 bits per heavy atom. The molecule has 3 N–H and O–H groups in total. The minimum Gasteiger partial charge on any atom is -0.398 e. The van der Waals surface area contributed by atoms with Gasteiger partial charge in [-0.1, -0.05) is 35.9 Å². The van der Waals surface area contributed by atoms with E-state index in [2.05, 4.69) is 0 Å². The lowest BCUT2D eigenvalue weighted by molar-refractivity contribution is -0.138. The van der Waals surface area contributed by atoms with Gasteiger partial charge in [-0.05, 0) is 73.3 Å². The summed E-state index contributed by atoms with van der Waals surface area (Å²) < 4.78 is 40.8. The summed E-state index contributed by atoms with van der Waals surface area (Å²) in [6.45, 7) is 1.09. The van der Waals surface area contributed by atoms with Gasteiger partial charge in [0.25, 0.3) is 0 Å². The summed E-state index contributed by atoms with van der Waals surface area (Å²) in [5.41, 5.74) is 6.95. The van der Waals surface area contributed by atoms with Crippen molar-refractivity contribution in [1.29, 1.82) is 0 Å². The Bertz CT molecular complexity index is 951. The van der Waals surface area contributed by atoms with Crippen molar-refractivity contribution in [2.75, 3.05) is 25.4 Å². The average molecular weight is 483 g/mol. The molecule has 2 aromatic rings. The van der Waals surface area contributed by atoms with Crippen molar-refractivity contribution in [2.45, 2.75) is 44.7 Å². The molecule has 1 amide bonds. The van der Waals surface area contributed by atoms with Gasteiger partial charge in [0.05, 0.1) is 16.3 Å². The van der Waals surface area contributed by atoms with Gasteiger partial charge in [0, 0.05) is 26.1 Å². The Morgan fingerprint density at radius 2 is 2.00 bits per heavy atom. The number of nitrogens with zero attached hydrogens (tertiary/aromatic N) is 1. The van der Waals surface area contributed by atoms with Crippen LogP contribution in [0.2, 0.25) is 5.02 Å². The first-order valence-corrected chi connectivity index (χ1v) is 11.6. The third kappa shape index (κ3) is 6.87. The second-order valence-corrected chi connectivity index (χ2v) is 9.14. The molecule has 1 heterocycles. The van der Waals surface area contributed by atoms with Crippen LogP contribution in [0.4, 0.5) is 18.9 Å². The fourth-order valence-electron chi connectivity index (χ4n) is 4.63. The van der Waals surface area contributed by atoms with Crippen molar-refractivity contribution in [1.82, 2.24) is 4.90 Å². The van der Waals surface area contributed by atoms with E-state index in [1.54, 1.807) is 29.2 Å². The van der Waals surface area contributed by atoms with Crippen LogP contribution in [0.15, 0.2) is 42.5 Å². The Labute approximate surface area is 197 Å². The van der Waals surface area contributed by atoms with Gasteiger partial charge in [-0.2, -0.15) is 13.2 Å². The molecule has 4 nitrogen and oxygen atoms in total. The third-order valence-electron chi connectivity index (χ3n) is 6.47. The summed E-state index contributed by atoms with van der Waals surface area (Å²) in [4.78, 5) is 14.2. The normalized spacial score (nSPS) is 17.4. The van der Waals surface area contributed by atoms with Crippen LogP contribution in [0, 0.1) is 11.8 Å². The second-order valence-electron chi connectivity index (χ2n) is 8.73. The minimum absolute atomic E-state index is 0.00805. The smallest absolute Gasteiger partial charge is 0.398 e. The molecule has 0 spiro atoms. The molecule has 1 aliphatic rings. The first kappa shape index (κ1) is 25.4. The van der Waals surface area contributed by atoms with Crippen molar-refractivity contribution in [3.63, 3.8) is 0 Å². The molecule has 3 rings (SSSR count). The zero-order chi connectivity index (χ0) is 24.0. The van der Waals surface area contributed by atoms with Gasteiger partial charge in [0.15, 0.2) is 0 Å². The molecule has 0 aromatic heterocycles. The van der Waals surface area contributed by atoms with E-state index in [1.807, 2.05) is 6.07 Å². The van der Waals surface area contributed by atoms with E-state index in [-0.39, 0.29) is 36.3 Å². The van der Waals surface area contributed by atoms with Crippen molar-refractivity contribution in [3.8, 4) is 0 Å². The SMILES string of the molecule is Nc1ccc(CCC(Cc2ccccc2C(F)(F)F)C2CCN(C(=O)CCCO)C2)cc1Cl. The molecule has 33 heavy (non-hydrogen) atoms. The van der Waals surface area contributed by atoms with Crippen molar-refractivity contribution in [2.24, 2.45) is 11.8 Å². The zero-order valence-electron chi connectivity index (χ0n) is 18.5. The summed E-state index contributed by atoms with van der Waals surface area (Å²) >= 11 is 6.14. The van der Waals surface area contributed by atoms with E-state index >= 15 is 0 Å². The molecule has 8 heteroatoms. The lowest BCUT2D eigenvalue weighted by atomic mass is 9.81. The van der Waals surface area contributed by atoms with Gasteiger partial charge in [0.2, 0.25) is 5.91 Å². The van der Waals surface area contributed by atoms with Crippen molar-refractivity contribution < 1.29 is 23.1 Å². The van der Waals surface area contributed by atoms with Gasteiger partial charge in [0.1, 0.15) is 0 Å². The maximum Gasteiger partial charge on any atom is 0.416 e. The fraction of sp³-hybridized carbons (Fsp3) is 0.480. The van der Waals surface area contributed by atoms with E-state index < -0.39 is 11.7 Å². The Balaban J connectivity index is 1.78. The number of aliphatic hydroxyl groups excluding tert-OH is 1. The number of alkyl halides is 3. The number of likely N-dealkylation sites (tertiary alicyclic amines) is 1. The van der Waals surface area contributed by atoms with E-state index in [0.29, 0.717) is 49.5 Å². The molecule has 1 aliphatic heterocycles. The second kappa shape index (κ2) is 11.3. The van der Waals surface area contributed by atoms with Crippen LogP contribution in [0.5, 0.6) is 0 Å². The van der Waals surface area contributed by atoms with Crippen molar-refractivity contribution >= 4 is 23.2 Å². The lowest BCUT2D eigenvalue weighted by Crippen LogP contribution is -2.30. The number of halogens is 4. The largest absolute Gasteiger partial charge is 0.416 e. The number of anilines is 1. The number of rotatable bonds is 9. The number of benzene rings is 2.